The van der Waals surface area contributed by atoms with E-state index in [0.717, 1.165) is 28.0 Å². The second-order valence-electron chi connectivity index (χ2n) is 6.34. The fourth-order valence-corrected chi connectivity index (χ4v) is 3.29. The molecule has 5 nitrogen and oxygen atoms in total. The number of hydrogen-bond acceptors (Lipinski definition) is 4. The molecule has 0 saturated carbocycles. The van der Waals surface area contributed by atoms with Crippen molar-refractivity contribution in [1.29, 1.82) is 0 Å². The van der Waals surface area contributed by atoms with Crippen molar-refractivity contribution in [3.05, 3.63) is 45.9 Å². The molecule has 0 saturated heterocycles. The highest BCUT2D eigenvalue weighted by Gasteiger charge is 2.33. The Morgan fingerprint density at radius 1 is 1.21 bits per heavy atom. The molecule has 0 aliphatic carbocycles. The average Bonchev–Trinajstić information content (AvgIpc) is 3.13. The highest BCUT2D eigenvalue weighted by molar-refractivity contribution is 14.0. The van der Waals surface area contributed by atoms with Crippen LogP contribution in [0.4, 0.5) is 13.2 Å². The van der Waals surface area contributed by atoms with E-state index in [4.69, 9.17) is 4.74 Å². The van der Waals surface area contributed by atoms with Gasteiger partial charge in [-0.05, 0) is 17.5 Å². The summed E-state index contributed by atoms with van der Waals surface area (Å²) in [6.07, 6.45) is -4.01. The first-order chi connectivity index (χ1) is 13.3. The van der Waals surface area contributed by atoms with Crippen LogP contribution in [0.25, 0.3) is 0 Å². The third-order valence-electron chi connectivity index (χ3n) is 3.89. The predicted molar refractivity (Wildman–Crippen MR) is 122 cm³/mol. The van der Waals surface area contributed by atoms with Gasteiger partial charge in [-0.1, -0.05) is 32.0 Å². The van der Waals surface area contributed by atoms with Crippen molar-refractivity contribution >= 4 is 41.3 Å². The van der Waals surface area contributed by atoms with E-state index < -0.39 is 11.9 Å². The lowest BCUT2D eigenvalue weighted by Crippen LogP contribution is -2.40. The highest BCUT2D eigenvalue weighted by atomic mass is 127. The normalized spacial score (nSPS) is 11.9. The SMILES string of the molecule is CN=C(NCCOc1ccccc1C(C)C)NCCc1nc(C(F)(F)F)cs1.I. The highest BCUT2D eigenvalue weighted by Crippen LogP contribution is 2.30. The van der Waals surface area contributed by atoms with E-state index in [1.54, 1.807) is 7.05 Å². The zero-order chi connectivity index (χ0) is 20.6. The minimum absolute atomic E-state index is 0. The summed E-state index contributed by atoms with van der Waals surface area (Å²) >= 11 is 1.01. The molecule has 0 fully saturated rings. The molecule has 0 atom stereocenters. The first-order valence-electron chi connectivity index (χ1n) is 8.99. The zero-order valence-corrected chi connectivity index (χ0v) is 19.7. The quantitative estimate of drug-likeness (QED) is 0.220. The van der Waals surface area contributed by atoms with Gasteiger partial charge >= 0.3 is 6.18 Å². The number of nitrogens with zero attached hydrogens (tertiary/aromatic N) is 2. The Bertz CT molecular complexity index is 781. The summed E-state index contributed by atoms with van der Waals surface area (Å²) in [5.41, 5.74) is 0.320. The minimum Gasteiger partial charge on any atom is -0.491 e. The molecule has 0 radical (unpaired) electrons. The summed E-state index contributed by atoms with van der Waals surface area (Å²) in [6.45, 7) is 5.67. The summed E-state index contributed by atoms with van der Waals surface area (Å²) < 4.78 is 43.5. The summed E-state index contributed by atoms with van der Waals surface area (Å²) in [5.74, 6) is 1.81. The molecular formula is C19H26F3IN4OS. The van der Waals surface area contributed by atoms with Crippen molar-refractivity contribution < 1.29 is 17.9 Å². The molecule has 0 unspecified atom stereocenters. The van der Waals surface area contributed by atoms with E-state index in [2.05, 4.69) is 40.5 Å². The van der Waals surface area contributed by atoms with Crippen LogP contribution in [0.15, 0.2) is 34.6 Å². The van der Waals surface area contributed by atoms with E-state index in [-0.39, 0.29) is 24.0 Å². The van der Waals surface area contributed by atoms with Crippen molar-refractivity contribution in [2.45, 2.75) is 32.4 Å². The van der Waals surface area contributed by atoms with Gasteiger partial charge in [0.05, 0.1) is 11.6 Å². The van der Waals surface area contributed by atoms with Gasteiger partial charge in [-0.25, -0.2) is 4.98 Å². The van der Waals surface area contributed by atoms with Gasteiger partial charge in [0, 0.05) is 25.4 Å². The second kappa shape index (κ2) is 12.2. The Morgan fingerprint density at radius 3 is 2.52 bits per heavy atom. The lowest BCUT2D eigenvalue weighted by atomic mass is 10.0. The van der Waals surface area contributed by atoms with E-state index >= 15 is 0 Å². The molecular weight excluding hydrogens is 516 g/mol. The van der Waals surface area contributed by atoms with Gasteiger partial charge in [0.2, 0.25) is 0 Å². The van der Waals surface area contributed by atoms with Crippen molar-refractivity contribution in [3.8, 4) is 5.75 Å². The largest absolute Gasteiger partial charge is 0.491 e. The van der Waals surface area contributed by atoms with Crippen LogP contribution >= 0.6 is 35.3 Å². The van der Waals surface area contributed by atoms with Crippen molar-refractivity contribution in [1.82, 2.24) is 15.6 Å². The number of alkyl halides is 3. The zero-order valence-electron chi connectivity index (χ0n) is 16.5. The summed E-state index contributed by atoms with van der Waals surface area (Å²) in [6, 6.07) is 7.94. The number of para-hydroxylation sites is 1. The number of rotatable bonds is 8. The van der Waals surface area contributed by atoms with Crippen molar-refractivity contribution in [2.75, 3.05) is 26.7 Å². The van der Waals surface area contributed by atoms with Crippen molar-refractivity contribution in [2.24, 2.45) is 4.99 Å². The molecule has 1 aromatic carbocycles. The first-order valence-corrected chi connectivity index (χ1v) is 9.87. The molecule has 0 aliphatic heterocycles. The Morgan fingerprint density at radius 2 is 1.90 bits per heavy atom. The fourth-order valence-electron chi connectivity index (χ4n) is 2.48. The Labute approximate surface area is 190 Å². The van der Waals surface area contributed by atoms with Crippen LogP contribution in [-0.4, -0.2) is 37.7 Å². The molecule has 1 heterocycles. The second-order valence-corrected chi connectivity index (χ2v) is 7.28. The number of aromatic nitrogens is 1. The summed E-state index contributed by atoms with van der Waals surface area (Å²) in [7, 11) is 1.63. The van der Waals surface area contributed by atoms with Crippen molar-refractivity contribution in [3.63, 3.8) is 0 Å². The van der Waals surface area contributed by atoms with Gasteiger partial charge in [0.1, 0.15) is 12.4 Å². The standard InChI is InChI=1S/C19H25F3N4OS.HI/c1-13(2)14-6-4-5-7-15(14)27-11-10-25-18(23-3)24-9-8-17-26-16(12-28-17)19(20,21)22;/h4-7,12-13H,8-11H2,1-3H3,(H2,23,24,25);1H. The van der Waals surface area contributed by atoms with Gasteiger partial charge in [-0.15, -0.1) is 35.3 Å². The van der Waals surface area contributed by atoms with Gasteiger partial charge < -0.3 is 15.4 Å². The molecule has 162 valence electrons. The Balaban J connectivity index is 0.00000420. The minimum atomic E-state index is -4.39. The number of thiazole rings is 1. The summed E-state index contributed by atoms with van der Waals surface area (Å²) in [5, 5.41) is 7.65. The van der Waals surface area contributed by atoms with Gasteiger partial charge in [0.15, 0.2) is 11.7 Å². The number of ether oxygens (including phenoxy) is 1. The van der Waals surface area contributed by atoms with Crippen LogP contribution in [0.3, 0.4) is 0 Å². The molecule has 0 aliphatic rings. The number of halogens is 4. The lowest BCUT2D eigenvalue weighted by molar-refractivity contribution is -0.140. The molecule has 0 bridgehead atoms. The van der Waals surface area contributed by atoms with E-state index in [0.29, 0.717) is 43.0 Å². The number of benzene rings is 1. The maximum Gasteiger partial charge on any atom is 0.434 e. The van der Waals surface area contributed by atoms with E-state index in [1.807, 2.05) is 18.2 Å². The molecule has 2 aromatic rings. The number of aliphatic imine (C=N–C) groups is 1. The molecule has 1 aromatic heterocycles. The fraction of sp³-hybridized carbons (Fsp3) is 0.474. The van der Waals surface area contributed by atoms with E-state index in [9.17, 15) is 13.2 Å². The molecule has 10 heteroatoms. The maximum atomic E-state index is 12.6. The Kier molecular flexibility index (Phi) is 10.7. The van der Waals surface area contributed by atoms with Gasteiger partial charge in [-0.3, -0.25) is 4.99 Å². The van der Waals surface area contributed by atoms with E-state index in [1.165, 1.54) is 0 Å². The smallest absolute Gasteiger partial charge is 0.434 e. The first kappa shape index (κ1) is 25.5. The number of hydrogen-bond donors (Lipinski definition) is 2. The number of nitrogens with one attached hydrogen (secondary N) is 2. The molecule has 0 amide bonds. The topological polar surface area (TPSA) is 58.5 Å². The van der Waals surface area contributed by atoms with Crippen LogP contribution in [-0.2, 0) is 12.6 Å². The van der Waals surface area contributed by atoms with Gasteiger partial charge in [-0.2, -0.15) is 13.2 Å². The van der Waals surface area contributed by atoms with Crippen LogP contribution < -0.4 is 15.4 Å². The van der Waals surface area contributed by atoms with Crippen LogP contribution in [0.5, 0.6) is 5.75 Å². The molecule has 0 spiro atoms. The predicted octanol–water partition coefficient (Wildman–Crippen LogP) is 4.69. The van der Waals surface area contributed by atoms with Gasteiger partial charge in [0.25, 0.3) is 0 Å². The maximum absolute atomic E-state index is 12.6. The molecule has 2 rings (SSSR count). The van der Waals surface area contributed by atoms with Crippen LogP contribution in [0.1, 0.15) is 36.0 Å². The third kappa shape index (κ3) is 8.37. The molecule has 2 N–H and O–H groups in total. The number of guanidine groups is 1. The van der Waals surface area contributed by atoms with Crippen LogP contribution in [0.2, 0.25) is 0 Å². The Hall–Kier alpha value is -1.56. The van der Waals surface area contributed by atoms with Crippen LogP contribution in [0, 0.1) is 0 Å². The third-order valence-corrected chi connectivity index (χ3v) is 4.80. The molecule has 29 heavy (non-hydrogen) atoms. The monoisotopic (exact) mass is 542 g/mol. The lowest BCUT2D eigenvalue weighted by Gasteiger charge is -2.15. The summed E-state index contributed by atoms with van der Waals surface area (Å²) in [4.78, 5) is 7.70. The average molecular weight is 542 g/mol.